The number of hydrogen-bond acceptors (Lipinski definition) is 2. The predicted molar refractivity (Wildman–Crippen MR) is 73.0 cm³/mol. The van der Waals surface area contributed by atoms with Crippen LogP contribution in [0.25, 0.3) is 0 Å². The van der Waals surface area contributed by atoms with Crippen LogP contribution in [0.4, 0.5) is 4.79 Å². The van der Waals surface area contributed by atoms with Gasteiger partial charge in [0.05, 0.1) is 7.11 Å². The largest absolute Gasteiger partial charge is 0.496 e. The van der Waals surface area contributed by atoms with E-state index >= 15 is 0 Å². The number of urea groups is 1. The Hall–Kier alpha value is -1.97. The number of hydrogen-bond donors (Lipinski definition) is 2. The Labute approximate surface area is 108 Å². The average Bonchev–Trinajstić information content (AvgIpc) is 2.36. The van der Waals surface area contributed by atoms with Crippen LogP contribution in [-0.2, 0) is 6.42 Å². The summed E-state index contributed by atoms with van der Waals surface area (Å²) in [5.41, 5.74) is 2.28. The SMILES string of the molecule is C=CCNC(=O)NCCc1cc(C)ccc1OC. The van der Waals surface area contributed by atoms with E-state index in [0.29, 0.717) is 13.1 Å². The van der Waals surface area contributed by atoms with Crippen molar-refractivity contribution in [3.8, 4) is 5.75 Å². The van der Waals surface area contributed by atoms with Crippen LogP contribution in [0.3, 0.4) is 0 Å². The molecule has 0 saturated heterocycles. The quantitative estimate of drug-likeness (QED) is 0.757. The van der Waals surface area contributed by atoms with Gasteiger partial charge in [0.15, 0.2) is 0 Å². The number of carbonyl (C=O) groups is 1. The molecule has 1 aromatic rings. The van der Waals surface area contributed by atoms with E-state index in [4.69, 9.17) is 4.74 Å². The molecule has 0 fully saturated rings. The molecule has 0 unspecified atom stereocenters. The molecule has 0 radical (unpaired) electrons. The normalized spacial score (nSPS) is 9.67. The molecule has 98 valence electrons. The van der Waals surface area contributed by atoms with Crippen LogP contribution in [-0.4, -0.2) is 26.2 Å². The van der Waals surface area contributed by atoms with E-state index in [1.54, 1.807) is 13.2 Å². The first-order chi connectivity index (χ1) is 8.67. The van der Waals surface area contributed by atoms with E-state index in [1.165, 1.54) is 5.56 Å². The average molecular weight is 248 g/mol. The van der Waals surface area contributed by atoms with Crippen LogP contribution >= 0.6 is 0 Å². The number of nitrogens with one attached hydrogen (secondary N) is 2. The van der Waals surface area contributed by atoms with Gasteiger partial charge in [-0.05, 0) is 25.0 Å². The van der Waals surface area contributed by atoms with Gasteiger partial charge in [-0.3, -0.25) is 0 Å². The monoisotopic (exact) mass is 248 g/mol. The molecular weight excluding hydrogens is 228 g/mol. The Morgan fingerprint density at radius 3 is 2.89 bits per heavy atom. The minimum absolute atomic E-state index is 0.179. The van der Waals surface area contributed by atoms with E-state index < -0.39 is 0 Å². The Morgan fingerprint density at radius 2 is 2.22 bits per heavy atom. The fraction of sp³-hybridized carbons (Fsp3) is 0.357. The van der Waals surface area contributed by atoms with Crippen molar-refractivity contribution in [3.05, 3.63) is 42.0 Å². The molecule has 1 aromatic carbocycles. The van der Waals surface area contributed by atoms with Gasteiger partial charge in [-0.2, -0.15) is 0 Å². The number of amides is 2. The van der Waals surface area contributed by atoms with Crippen molar-refractivity contribution in [2.45, 2.75) is 13.3 Å². The van der Waals surface area contributed by atoms with Crippen molar-refractivity contribution < 1.29 is 9.53 Å². The number of methoxy groups -OCH3 is 1. The highest BCUT2D eigenvalue weighted by atomic mass is 16.5. The number of aryl methyl sites for hydroxylation is 1. The molecule has 2 N–H and O–H groups in total. The van der Waals surface area contributed by atoms with Crippen LogP contribution in [0.2, 0.25) is 0 Å². The lowest BCUT2D eigenvalue weighted by Crippen LogP contribution is -2.36. The lowest BCUT2D eigenvalue weighted by molar-refractivity contribution is 0.242. The Bertz CT molecular complexity index is 416. The molecular formula is C14H20N2O2. The van der Waals surface area contributed by atoms with Crippen LogP contribution < -0.4 is 15.4 Å². The highest BCUT2D eigenvalue weighted by Crippen LogP contribution is 2.19. The van der Waals surface area contributed by atoms with Crippen LogP contribution in [0, 0.1) is 6.92 Å². The zero-order valence-corrected chi connectivity index (χ0v) is 11.0. The van der Waals surface area contributed by atoms with Gasteiger partial charge in [0.25, 0.3) is 0 Å². The summed E-state index contributed by atoms with van der Waals surface area (Å²) >= 11 is 0. The smallest absolute Gasteiger partial charge is 0.315 e. The molecule has 0 spiro atoms. The maximum atomic E-state index is 11.3. The van der Waals surface area contributed by atoms with Gasteiger partial charge in [-0.15, -0.1) is 6.58 Å². The maximum absolute atomic E-state index is 11.3. The predicted octanol–water partition coefficient (Wildman–Crippen LogP) is 2.03. The maximum Gasteiger partial charge on any atom is 0.315 e. The molecule has 4 heteroatoms. The first-order valence-corrected chi connectivity index (χ1v) is 5.93. The summed E-state index contributed by atoms with van der Waals surface area (Å²) in [4.78, 5) is 11.3. The summed E-state index contributed by atoms with van der Waals surface area (Å²) < 4.78 is 5.28. The van der Waals surface area contributed by atoms with E-state index in [2.05, 4.69) is 23.3 Å². The fourth-order valence-electron chi connectivity index (χ4n) is 1.64. The topological polar surface area (TPSA) is 50.4 Å². The standard InChI is InChI=1S/C14H20N2O2/c1-4-8-15-14(17)16-9-7-12-10-11(2)5-6-13(12)18-3/h4-6,10H,1,7-9H2,2-3H3,(H2,15,16,17). The van der Waals surface area contributed by atoms with Crippen LogP contribution in [0.1, 0.15) is 11.1 Å². The van der Waals surface area contributed by atoms with Gasteiger partial charge < -0.3 is 15.4 Å². The third-order valence-corrected chi connectivity index (χ3v) is 2.52. The lowest BCUT2D eigenvalue weighted by Gasteiger charge is -2.10. The van der Waals surface area contributed by atoms with E-state index in [1.807, 2.05) is 19.1 Å². The number of benzene rings is 1. The minimum Gasteiger partial charge on any atom is -0.496 e. The van der Waals surface area contributed by atoms with Gasteiger partial charge in [-0.25, -0.2) is 4.79 Å². The second-order valence-corrected chi connectivity index (χ2v) is 3.99. The van der Waals surface area contributed by atoms with E-state index in [-0.39, 0.29) is 6.03 Å². The number of rotatable bonds is 6. The molecule has 18 heavy (non-hydrogen) atoms. The van der Waals surface area contributed by atoms with Gasteiger partial charge in [-0.1, -0.05) is 23.8 Å². The fourth-order valence-corrected chi connectivity index (χ4v) is 1.64. The summed E-state index contributed by atoms with van der Waals surface area (Å²) in [7, 11) is 1.65. The molecule has 2 amide bonds. The third kappa shape index (κ3) is 4.49. The van der Waals surface area contributed by atoms with Crippen LogP contribution in [0.5, 0.6) is 5.75 Å². The Balaban J connectivity index is 2.45. The molecule has 0 aromatic heterocycles. The first-order valence-electron chi connectivity index (χ1n) is 5.93. The van der Waals surface area contributed by atoms with E-state index in [9.17, 15) is 4.79 Å². The molecule has 0 aliphatic heterocycles. The van der Waals surface area contributed by atoms with Crippen molar-refractivity contribution >= 4 is 6.03 Å². The van der Waals surface area contributed by atoms with Gasteiger partial charge in [0, 0.05) is 13.1 Å². The molecule has 0 bridgehead atoms. The van der Waals surface area contributed by atoms with Crippen molar-refractivity contribution in [3.63, 3.8) is 0 Å². The summed E-state index contributed by atoms with van der Waals surface area (Å²) in [5, 5.41) is 5.44. The molecule has 0 heterocycles. The van der Waals surface area contributed by atoms with Gasteiger partial charge in [0.1, 0.15) is 5.75 Å². The summed E-state index contributed by atoms with van der Waals surface area (Å²) in [6.07, 6.45) is 2.38. The molecule has 0 atom stereocenters. The molecule has 4 nitrogen and oxygen atoms in total. The zero-order valence-electron chi connectivity index (χ0n) is 11.0. The molecule has 1 rings (SSSR count). The Kier molecular flexibility index (Phi) is 5.77. The molecule has 0 aliphatic rings. The highest BCUT2D eigenvalue weighted by molar-refractivity contribution is 5.73. The minimum atomic E-state index is -0.179. The molecule has 0 saturated carbocycles. The summed E-state index contributed by atoms with van der Waals surface area (Å²) in [5.74, 6) is 0.855. The lowest BCUT2D eigenvalue weighted by atomic mass is 10.1. The second-order valence-electron chi connectivity index (χ2n) is 3.99. The van der Waals surface area contributed by atoms with E-state index in [0.717, 1.165) is 17.7 Å². The molecule has 0 aliphatic carbocycles. The van der Waals surface area contributed by atoms with Crippen molar-refractivity contribution in [2.24, 2.45) is 0 Å². The zero-order chi connectivity index (χ0) is 13.4. The van der Waals surface area contributed by atoms with Crippen molar-refractivity contribution in [1.29, 1.82) is 0 Å². The van der Waals surface area contributed by atoms with Crippen LogP contribution in [0.15, 0.2) is 30.9 Å². The highest BCUT2D eigenvalue weighted by Gasteiger charge is 2.04. The number of carbonyl (C=O) groups excluding carboxylic acids is 1. The third-order valence-electron chi connectivity index (χ3n) is 2.52. The van der Waals surface area contributed by atoms with Gasteiger partial charge in [0.2, 0.25) is 0 Å². The first kappa shape index (κ1) is 14.1. The van der Waals surface area contributed by atoms with Gasteiger partial charge >= 0.3 is 6.03 Å². The Morgan fingerprint density at radius 1 is 1.44 bits per heavy atom. The summed E-state index contributed by atoms with van der Waals surface area (Å²) in [6.45, 7) is 6.61. The van der Waals surface area contributed by atoms with Crippen molar-refractivity contribution in [1.82, 2.24) is 10.6 Å². The second kappa shape index (κ2) is 7.37. The van der Waals surface area contributed by atoms with Crippen molar-refractivity contribution in [2.75, 3.05) is 20.2 Å². The summed E-state index contributed by atoms with van der Waals surface area (Å²) in [6, 6.07) is 5.85. The number of ether oxygens (including phenoxy) is 1.